The van der Waals surface area contributed by atoms with Crippen LogP contribution in [0.25, 0.3) is 0 Å². The number of nitrogens with two attached hydrogens (primary N) is 1. The van der Waals surface area contributed by atoms with Gasteiger partial charge in [0.1, 0.15) is 5.75 Å². The second-order valence-electron chi connectivity index (χ2n) is 5.39. The molecule has 1 aromatic carbocycles. The molecule has 1 saturated heterocycles. The predicted molar refractivity (Wildman–Crippen MR) is 79.4 cm³/mol. The highest BCUT2D eigenvalue weighted by molar-refractivity contribution is 5.36. The highest BCUT2D eigenvalue weighted by Crippen LogP contribution is 2.32. The third-order valence-corrected chi connectivity index (χ3v) is 4.21. The van der Waals surface area contributed by atoms with Crippen molar-refractivity contribution in [2.75, 3.05) is 20.2 Å². The van der Waals surface area contributed by atoms with Crippen LogP contribution in [0.1, 0.15) is 44.1 Å². The molecule has 19 heavy (non-hydrogen) atoms. The van der Waals surface area contributed by atoms with Gasteiger partial charge in [-0.1, -0.05) is 25.1 Å². The topological polar surface area (TPSA) is 38.5 Å². The Balaban J connectivity index is 2.06. The largest absolute Gasteiger partial charge is 0.496 e. The second-order valence-corrected chi connectivity index (χ2v) is 5.39. The molecule has 0 radical (unpaired) electrons. The molecule has 0 aliphatic carbocycles. The fourth-order valence-corrected chi connectivity index (χ4v) is 3.03. The van der Waals surface area contributed by atoms with Gasteiger partial charge in [-0.05, 0) is 56.3 Å². The summed E-state index contributed by atoms with van der Waals surface area (Å²) in [5.74, 6) is 1.47. The van der Waals surface area contributed by atoms with Crippen LogP contribution in [0, 0.1) is 0 Å². The number of hydrogen-bond donors (Lipinski definition) is 1. The molecule has 0 amide bonds. The summed E-state index contributed by atoms with van der Waals surface area (Å²) < 4.78 is 5.48. The van der Waals surface area contributed by atoms with Crippen molar-refractivity contribution in [2.45, 2.75) is 44.7 Å². The maximum absolute atomic E-state index is 6.37. The lowest BCUT2D eigenvalue weighted by Gasteiger charge is -2.28. The number of rotatable bonds is 6. The summed E-state index contributed by atoms with van der Waals surface area (Å²) in [6.45, 7) is 4.54. The Kier molecular flexibility index (Phi) is 5.23. The molecule has 2 N–H and O–H groups in total. The van der Waals surface area contributed by atoms with Crippen LogP contribution in [-0.2, 0) is 0 Å². The van der Waals surface area contributed by atoms with Gasteiger partial charge in [0, 0.05) is 0 Å². The number of hydrogen-bond acceptors (Lipinski definition) is 3. The van der Waals surface area contributed by atoms with Gasteiger partial charge < -0.3 is 10.5 Å². The van der Waals surface area contributed by atoms with Crippen molar-refractivity contribution in [3.05, 3.63) is 29.8 Å². The fraction of sp³-hybridized carbons (Fsp3) is 0.625. The van der Waals surface area contributed by atoms with Crippen LogP contribution in [0.5, 0.6) is 5.75 Å². The van der Waals surface area contributed by atoms with Crippen molar-refractivity contribution in [3.63, 3.8) is 0 Å². The number of para-hydroxylation sites is 1. The third kappa shape index (κ3) is 3.48. The first-order chi connectivity index (χ1) is 9.26. The first kappa shape index (κ1) is 14.4. The number of likely N-dealkylation sites (tertiary alicyclic amines) is 1. The molecule has 1 unspecified atom stereocenters. The molecule has 3 heteroatoms. The minimum absolute atomic E-state index is 0.178. The summed E-state index contributed by atoms with van der Waals surface area (Å²) in [4.78, 5) is 2.41. The van der Waals surface area contributed by atoms with Gasteiger partial charge in [-0.15, -0.1) is 0 Å². The van der Waals surface area contributed by atoms with Gasteiger partial charge in [0.15, 0.2) is 0 Å². The highest BCUT2D eigenvalue weighted by Gasteiger charge is 2.23. The van der Waals surface area contributed by atoms with E-state index in [9.17, 15) is 0 Å². The second kappa shape index (κ2) is 6.92. The van der Waals surface area contributed by atoms with E-state index in [1.165, 1.54) is 18.4 Å². The van der Waals surface area contributed by atoms with Gasteiger partial charge >= 0.3 is 0 Å². The summed E-state index contributed by atoms with van der Waals surface area (Å²) in [7, 11) is 1.74. The molecule has 3 nitrogen and oxygen atoms in total. The minimum atomic E-state index is 0.178. The highest BCUT2D eigenvalue weighted by atomic mass is 16.5. The van der Waals surface area contributed by atoms with E-state index in [1.54, 1.807) is 7.11 Å². The molecule has 0 aromatic heterocycles. The van der Waals surface area contributed by atoms with Crippen molar-refractivity contribution in [3.8, 4) is 5.75 Å². The smallest absolute Gasteiger partial charge is 0.122 e. The first-order valence-corrected chi connectivity index (χ1v) is 7.38. The lowest BCUT2D eigenvalue weighted by Crippen LogP contribution is -2.41. The zero-order chi connectivity index (χ0) is 13.7. The van der Waals surface area contributed by atoms with Crippen molar-refractivity contribution in [1.82, 2.24) is 4.90 Å². The number of benzene rings is 1. The number of ether oxygens (including phenoxy) is 1. The Labute approximate surface area is 116 Å². The van der Waals surface area contributed by atoms with Crippen LogP contribution < -0.4 is 10.5 Å². The average molecular weight is 262 g/mol. The molecule has 0 bridgehead atoms. The molecule has 2 atom stereocenters. The van der Waals surface area contributed by atoms with Crippen LogP contribution in [-0.4, -0.2) is 31.3 Å². The van der Waals surface area contributed by atoms with E-state index in [-0.39, 0.29) is 6.17 Å². The lowest BCUT2D eigenvalue weighted by atomic mass is 9.91. The standard InChI is InChI=1S/C16H26N2O/c1-3-13(12-16(17)18-10-6-7-11-18)14-8-4-5-9-15(14)19-2/h4-5,8-9,13,16H,3,6-7,10-12,17H2,1-2H3/t13-,16?/m1/s1. The van der Waals surface area contributed by atoms with E-state index in [2.05, 4.69) is 24.0 Å². The molecular formula is C16H26N2O. The van der Waals surface area contributed by atoms with Gasteiger partial charge in [-0.25, -0.2) is 0 Å². The Morgan fingerprint density at radius 1 is 1.26 bits per heavy atom. The van der Waals surface area contributed by atoms with E-state index >= 15 is 0 Å². The quantitative estimate of drug-likeness (QED) is 0.856. The van der Waals surface area contributed by atoms with E-state index < -0.39 is 0 Å². The third-order valence-electron chi connectivity index (χ3n) is 4.21. The average Bonchev–Trinajstić information content (AvgIpc) is 2.98. The maximum atomic E-state index is 6.37. The SMILES string of the molecule is CC[C@H](CC(N)N1CCCC1)c1ccccc1OC. The molecule has 106 valence electrons. The predicted octanol–water partition coefficient (Wildman–Crippen LogP) is 2.96. The van der Waals surface area contributed by atoms with Gasteiger partial charge in [-0.2, -0.15) is 0 Å². The van der Waals surface area contributed by atoms with Crippen LogP contribution in [0.15, 0.2) is 24.3 Å². The maximum Gasteiger partial charge on any atom is 0.122 e. The molecule has 0 saturated carbocycles. The molecular weight excluding hydrogens is 236 g/mol. The van der Waals surface area contributed by atoms with Crippen LogP contribution >= 0.6 is 0 Å². The van der Waals surface area contributed by atoms with Crippen LogP contribution in [0.3, 0.4) is 0 Å². The molecule has 1 aliphatic rings. The van der Waals surface area contributed by atoms with Crippen molar-refractivity contribution in [1.29, 1.82) is 0 Å². The Morgan fingerprint density at radius 2 is 1.95 bits per heavy atom. The van der Waals surface area contributed by atoms with Crippen molar-refractivity contribution < 1.29 is 4.74 Å². The zero-order valence-corrected chi connectivity index (χ0v) is 12.1. The molecule has 0 spiro atoms. The van der Waals surface area contributed by atoms with E-state index in [0.717, 1.165) is 31.7 Å². The van der Waals surface area contributed by atoms with Crippen molar-refractivity contribution >= 4 is 0 Å². The Morgan fingerprint density at radius 3 is 2.58 bits per heavy atom. The fourth-order valence-electron chi connectivity index (χ4n) is 3.03. The van der Waals surface area contributed by atoms with Crippen LogP contribution in [0.2, 0.25) is 0 Å². The number of nitrogens with zero attached hydrogens (tertiary/aromatic N) is 1. The van der Waals surface area contributed by atoms with Crippen LogP contribution in [0.4, 0.5) is 0 Å². The molecule has 1 aromatic rings. The molecule has 1 aliphatic heterocycles. The monoisotopic (exact) mass is 262 g/mol. The zero-order valence-electron chi connectivity index (χ0n) is 12.1. The van der Waals surface area contributed by atoms with Gasteiger partial charge in [0.2, 0.25) is 0 Å². The van der Waals surface area contributed by atoms with E-state index in [0.29, 0.717) is 5.92 Å². The Hall–Kier alpha value is -1.06. The summed E-state index contributed by atoms with van der Waals surface area (Å²) in [6.07, 6.45) is 4.87. The van der Waals surface area contributed by atoms with Crippen molar-refractivity contribution in [2.24, 2.45) is 5.73 Å². The summed E-state index contributed by atoms with van der Waals surface area (Å²) in [6, 6.07) is 8.32. The lowest BCUT2D eigenvalue weighted by molar-refractivity contribution is 0.222. The van der Waals surface area contributed by atoms with Gasteiger partial charge in [-0.3, -0.25) is 4.90 Å². The van der Waals surface area contributed by atoms with Gasteiger partial charge in [0.25, 0.3) is 0 Å². The summed E-state index contributed by atoms with van der Waals surface area (Å²) in [5.41, 5.74) is 7.66. The molecule has 2 rings (SSSR count). The normalized spacial score (nSPS) is 19.3. The summed E-state index contributed by atoms with van der Waals surface area (Å²) in [5, 5.41) is 0. The number of methoxy groups -OCH3 is 1. The van der Waals surface area contributed by atoms with E-state index in [1.807, 2.05) is 12.1 Å². The molecule has 1 fully saturated rings. The van der Waals surface area contributed by atoms with Gasteiger partial charge in [0.05, 0.1) is 13.3 Å². The Bertz CT molecular complexity index is 388. The minimum Gasteiger partial charge on any atom is -0.496 e. The first-order valence-electron chi connectivity index (χ1n) is 7.38. The van der Waals surface area contributed by atoms with E-state index in [4.69, 9.17) is 10.5 Å². The molecule has 1 heterocycles. The summed E-state index contributed by atoms with van der Waals surface area (Å²) >= 11 is 0.